The Hall–Kier alpha value is -2.22. The van der Waals surface area contributed by atoms with Gasteiger partial charge in [-0.05, 0) is 5.21 Å². The molecule has 1 heterocycles. The number of hydrogen-bond acceptors (Lipinski definition) is 6. The molecule has 1 aromatic rings. The van der Waals surface area contributed by atoms with Gasteiger partial charge in [0.05, 0.1) is 0 Å². The first-order valence-electron chi connectivity index (χ1n) is 4.55. The Morgan fingerprint density at radius 2 is 0.905 bits per heavy atom. The lowest BCUT2D eigenvalue weighted by Crippen LogP contribution is -2.29. The van der Waals surface area contributed by atoms with Crippen LogP contribution in [-0.2, 0) is 0 Å². The fourth-order valence-electron chi connectivity index (χ4n) is 1.03. The lowest BCUT2D eigenvalue weighted by Gasteiger charge is -2.18. The number of nitrogens with one attached hydrogen (secondary N) is 3. The molecule has 0 fully saturated rings. The van der Waals surface area contributed by atoms with Crippen LogP contribution >= 0.6 is 0 Å². The highest BCUT2D eigenvalue weighted by Crippen LogP contribution is 2.35. The van der Waals surface area contributed by atoms with E-state index in [4.69, 9.17) is 0 Å². The van der Waals surface area contributed by atoms with E-state index >= 15 is 0 Å². The van der Waals surface area contributed by atoms with Gasteiger partial charge in [-0.15, -0.1) is 10.2 Å². The summed E-state index contributed by atoms with van der Waals surface area (Å²) >= 11 is 0. The van der Waals surface area contributed by atoms with Crippen molar-refractivity contribution in [1.29, 1.82) is 0 Å². The first-order valence-corrected chi connectivity index (χ1v) is 4.55. The Morgan fingerprint density at radius 1 is 0.571 bits per heavy atom. The number of alkyl halides is 9. The maximum atomic E-state index is 12.2. The smallest absolute Gasteiger partial charge is 0.291 e. The number of aromatic nitrogens is 3. The van der Waals surface area contributed by atoms with Gasteiger partial charge in [-0.3, -0.25) is 16.0 Å². The molecule has 6 nitrogen and oxygen atoms in total. The molecule has 0 aliphatic carbocycles. The largest absolute Gasteiger partial charge is 0.483 e. The number of rotatable bonds is 3. The topological polar surface area (TPSA) is 74.8 Å². The predicted molar refractivity (Wildman–Crippen MR) is 48.9 cm³/mol. The van der Waals surface area contributed by atoms with Crippen LogP contribution in [-0.4, -0.2) is 34.3 Å². The van der Waals surface area contributed by atoms with Gasteiger partial charge >= 0.3 is 18.9 Å². The molecule has 0 bridgehead atoms. The highest BCUT2D eigenvalue weighted by molar-refractivity contribution is 5.76. The maximum Gasteiger partial charge on any atom is 0.483 e. The number of nitrogens with zero attached hydrogens (tertiary/aromatic N) is 3. The molecule has 0 saturated heterocycles. The lowest BCUT2D eigenvalue weighted by atomic mass is 10.4. The molecular formula is C6H3F9N6. The van der Waals surface area contributed by atoms with E-state index < -0.39 is 36.2 Å². The van der Waals surface area contributed by atoms with E-state index in [0.717, 1.165) is 0 Å². The van der Waals surface area contributed by atoms with Crippen molar-refractivity contribution in [2.24, 2.45) is 0 Å². The van der Waals surface area contributed by atoms with Gasteiger partial charge in [-0.25, -0.2) is 0 Å². The standard InChI is InChI=1S/C6H3F9N6/c7-4(8,9)16-1-2(17-5(10,11)12)19-21-20-3(1)18-6(13,14)15/h(H,16,21)(H2,17,18,19,20). The molecule has 21 heavy (non-hydrogen) atoms. The minimum atomic E-state index is -5.34. The summed E-state index contributed by atoms with van der Waals surface area (Å²) in [7, 11) is 0. The number of halogens is 9. The van der Waals surface area contributed by atoms with Crippen molar-refractivity contribution >= 4 is 17.3 Å². The zero-order chi connectivity index (χ0) is 16.5. The van der Waals surface area contributed by atoms with Crippen molar-refractivity contribution in [2.45, 2.75) is 18.9 Å². The van der Waals surface area contributed by atoms with Crippen LogP contribution < -0.4 is 16.0 Å². The molecule has 1 aromatic heterocycles. The van der Waals surface area contributed by atoms with Crippen LogP contribution in [0.1, 0.15) is 0 Å². The number of anilines is 3. The first-order chi connectivity index (χ1) is 9.27. The van der Waals surface area contributed by atoms with Gasteiger partial charge in [-0.2, -0.15) is 39.5 Å². The van der Waals surface area contributed by atoms with E-state index in [2.05, 4.69) is 15.4 Å². The second kappa shape index (κ2) is 5.28. The summed E-state index contributed by atoms with van der Waals surface area (Å²) in [4.78, 5) is 0. The van der Waals surface area contributed by atoms with Gasteiger partial charge in [0, 0.05) is 0 Å². The van der Waals surface area contributed by atoms with Gasteiger partial charge in [0.15, 0.2) is 11.6 Å². The zero-order valence-electron chi connectivity index (χ0n) is 9.24. The first kappa shape index (κ1) is 16.8. The SMILES string of the molecule is FC(F)(F)Nc1nnnc(NC(F)(F)F)c1NC(F)(F)F. The van der Waals surface area contributed by atoms with E-state index in [1.165, 1.54) is 0 Å². The monoisotopic (exact) mass is 330 g/mol. The Labute approximate surface area is 108 Å². The van der Waals surface area contributed by atoms with E-state index in [1.54, 1.807) is 0 Å². The zero-order valence-corrected chi connectivity index (χ0v) is 9.24. The fraction of sp³-hybridized carbons (Fsp3) is 0.500. The molecule has 1 rings (SSSR count). The lowest BCUT2D eigenvalue weighted by molar-refractivity contribution is -0.104. The molecule has 0 aliphatic heterocycles. The summed E-state index contributed by atoms with van der Waals surface area (Å²) in [5, 5.41) is 9.17. The normalized spacial score (nSPS) is 13.0. The molecule has 0 unspecified atom stereocenters. The third-order valence-electron chi connectivity index (χ3n) is 1.55. The summed E-state index contributed by atoms with van der Waals surface area (Å²) in [5.41, 5.74) is -1.72. The van der Waals surface area contributed by atoms with Crippen LogP contribution in [0.3, 0.4) is 0 Å². The van der Waals surface area contributed by atoms with Crippen LogP contribution in [0.4, 0.5) is 56.8 Å². The van der Waals surface area contributed by atoms with Crippen molar-refractivity contribution in [3.63, 3.8) is 0 Å². The Morgan fingerprint density at radius 3 is 1.19 bits per heavy atom. The summed E-state index contributed by atoms with van der Waals surface area (Å²) in [5.74, 6) is -3.27. The Balaban J connectivity index is 3.27. The second-order valence-corrected chi connectivity index (χ2v) is 3.23. The van der Waals surface area contributed by atoms with Crippen molar-refractivity contribution in [3.8, 4) is 0 Å². The quantitative estimate of drug-likeness (QED) is 0.584. The number of hydrogen-bond donors (Lipinski definition) is 3. The molecule has 0 saturated carbocycles. The maximum absolute atomic E-state index is 12.2. The molecule has 0 aromatic carbocycles. The molecular weight excluding hydrogens is 327 g/mol. The minimum Gasteiger partial charge on any atom is -0.291 e. The van der Waals surface area contributed by atoms with Crippen LogP contribution in [0.2, 0.25) is 0 Å². The minimum absolute atomic E-state index is 0.474. The molecule has 0 spiro atoms. The highest BCUT2D eigenvalue weighted by Gasteiger charge is 2.37. The van der Waals surface area contributed by atoms with Crippen LogP contribution in [0.15, 0.2) is 0 Å². The Kier molecular flexibility index (Phi) is 4.24. The van der Waals surface area contributed by atoms with Gasteiger partial charge in [0.25, 0.3) is 0 Å². The van der Waals surface area contributed by atoms with E-state index in [9.17, 15) is 39.5 Å². The van der Waals surface area contributed by atoms with E-state index in [0.29, 0.717) is 16.0 Å². The van der Waals surface area contributed by atoms with Gasteiger partial charge in [0.2, 0.25) is 0 Å². The molecule has 0 radical (unpaired) electrons. The molecule has 120 valence electrons. The van der Waals surface area contributed by atoms with Crippen LogP contribution in [0, 0.1) is 0 Å². The van der Waals surface area contributed by atoms with Crippen LogP contribution in [0.5, 0.6) is 0 Å². The third-order valence-corrected chi connectivity index (χ3v) is 1.55. The average molecular weight is 330 g/mol. The van der Waals surface area contributed by atoms with Gasteiger partial charge < -0.3 is 0 Å². The highest BCUT2D eigenvalue weighted by atomic mass is 19.4. The van der Waals surface area contributed by atoms with E-state index in [-0.39, 0.29) is 0 Å². The van der Waals surface area contributed by atoms with Gasteiger partial charge in [-0.1, -0.05) is 0 Å². The Bertz CT molecular complexity index is 457. The van der Waals surface area contributed by atoms with Crippen molar-refractivity contribution < 1.29 is 39.5 Å². The van der Waals surface area contributed by atoms with Crippen LogP contribution in [0.25, 0.3) is 0 Å². The molecule has 3 N–H and O–H groups in total. The average Bonchev–Trinajstić information content (AvgIpc) is 2.16. The second-order valence-electron chi connectivity index (χ2n) is 3.23. The molecule has 0 amide bonds. The van der Waals surface area contributed by atoms with Gasteiger partial charge in [0.1, 0.15) is 5.69 Å². The van der Waals surface area contributed by atoms with E-state index in [1.807, 2.05) is 0 Å². The van der Waals surface area contributed by atoms with Crippen molar-refractivity contribution in [1.82, 2.24) is 15.4 Å². The third kappa shape index (κ3) is 6.17. The fourth-order valence-corrected chi connectivity index (χ4v) is 1.03. The summed E-state index contributed by atoms with van der Waals surface area (Å²) in [6.07, 6.45) is -15.9. The predicted octanol–water partition coefficient (Wildman–Crippen LogP) is 2.67. The summed E-state index contributed by atoms with van der Waals surface area (Å²) in [6, 6.07) is 0. The summed E-state index contributed by atoms with van der Waals surface area (Å²) in [6.45, 7) is 0. The van der Waals surface area contributed by atoms with Crippen molar-refractivity contribution in [3.05, 3.63) is 0 Å². The molecule has 0 aliphatic rings. The molecule has 0 atom stereocenters. The molecule has 15 heteroatoms. The summed E-state index contributed by atoms with van der Waals surface area (Å²) < 4.78 is 109. The van der Waals surface area contributed by atoms with Crippen molar-refractivity contribution in [2.75, 3.05) is 16.0 Å².